The van der Waals surface area contributed by atoms with Crippen LogP contribution in [-0.2, 0) is 21.7 Å². The number of hydrogen-bond donors (Lipinski definition) is 3. The zero-order valence-corrected chi connectivity index (χ0v) is 17.9. The summed E-state index contributed by atoms with van der Waals surface area (Å²) in [5.74, 6) is -3.46. The highest BCUT2D eigenvalue weighted by Gasteiger charge is 2.68. The van der Waals surface area contributed by atoms with Gasteiger partial charge in [0.1, 0.15) is 23.2 Å². The van der Waals surface area contributed by atoms with E-state index in [9.17, 15) is 29.8 Å². The first-order chi connectivity index (χ1) is 15.6. The molecule has 0 radical (unpaired) electrons. The van der Waals surface area contributed by atoms with Crippen LogP contribution >= 0.6 is 0 Å². The molecule has 33 heavy (non-hydrogen) atoms. The number of hydrogen-bond acceptors (Lipinski definition) is 7. The molecular formula is C23H22N4O6. The minimum Gasteiger partial charge on any atom is -0.481 e. The highest BCUT2D eigenvalue weighted by Crippen LogP contribution is 2.54. The minimum absolute atomic E-state index is 0.187. The van der Waals surface area contributed by atoms with E-state index in [2.05, 4.69) is 4.98 Å². The maximum atomic E-state index is 13.1. The summed E-state index contributed by atoms with van der Waals surface area (Å²) in [6.45, 7) is 2.55. The Morgan fingerprint density at radius 2 is 1.79 bits per heavy atom. The van der Waals surface area contributed by atoms with Crippen LogP contribution in [0.5, 0.6) is 0 Å². The van der Waals surface area contributed by atoms with E-state index in [1.165, 1.54) is 31.1 Å². The molecule has 0 spiro atoms. The number of rotatable bonds is 4. The Morgan fingerprint density at radius 1 is 1.12 bits per heavy atom. The Morgan fingerprint density at radius 3 is 2.52 bits per heavy atom. The Balaban J connectivity index is 1.68. The molecule has 2 aromatic carbocycles. The number of para-hydroxylation sites is 2. The molecular weight excluding hydrogens is 428 g/mol. The number of fused-ring (bicyclic) bond motifs is 4. The Labute approximate surface area is 187 Å². The average molecular weight is 450 g/mol. The highest BCUT2D eigenvalue weighted by atomic mass is 16.5. The molecule has 5 rings (SSSR count). The van der Waals surface area contributed by atoms with Crippen molar-refractivity contribution in [3.63, 3.8) is 0 Å². The van der Waals surface area contributed by atoms with Gasteiger partial charge in [-0.15, -0.1) is 0 Å². The predicted octanol–water partition coefficient (Wildman–Crippen LogP) is 1.14. The van der Waals surface area contributed by atoms with Crippen molar-refractivity contribution >= 4 is 28.5 Å². The van der Waals surface area contributed by atoms with Crippen LogP contribution in [0.15, 0.2) is 59.7 Å². The SMILES string of the molecule is CC1(C)C(=O)N2c3ccccc3C(O)(C(Cn3cnc4ccccc4c3=O)C(=O)O)C2N1O. The van der Waals surface area contributed by atoms with Crippen molar-refractivity contribution in [2.24, 2.45) is 5.92 Å². The summed E-state index contributed by atoms with van der Waals surface area (Å²) < 4.78 is 1.13. The molecule has 10 heteroatoms. The molecule has 1 aromatic heterocycles. The van der Waals surface area contributed by atoms with Crippen molar-refractivity contribution in [3.8, 4) is 0 Å². The van der Waals surface area contributed by atoms with E-state index < -0.39 is 47.2 Å². The molecule has 2 aliphatic heterocycles. The third kappa shape index (κ3) is 2.71. The molecule has 3 aromatic rings. The normalized spacial score (nSPS) is 24.7. The Hall–Kier alpha value is -3.60. The van der Waals surface area contributed by atoms with Crippen LogP contribution in [0.25, 0.3) is 10.9 Å². The predicted molar refractivity (Wildman–Crippen MR) is 116 cm³/mol. The molecule has 3 N–H and O–H groups in total. The van der Waals surface area contributed by atoms with Gasteiger partial charge >= 0.3 is 5.97 Å². The Kier molecular flexibility index (Phi) is 4.47. The molecule has 0 aliphatic carbocycles. The number of carboxylic acids is 1. The van der Waals surface area contributed by atoms with Crippen molar-refractivity contribution in [1.29, 1.82) is 0 Å². The van der Waals surface area contributed by atoms with Crippen molar-refractivity contribution in [1.82, 2.24) is 14.6 Å². The number of aliphatic carboxylic acids is 1. The van der Waals surface area contributed by atoms with Crippen LogP contribution in [-0.4, -0.2) is 53.6 Å². The van der Waals surface area contributed by atoms with Crippen LogP contribution < -0.4 is 10.5 Å². The number of aromatic nitrogens is 2. The number of nitrogens with zero attached hydrogens (tertiary/aromatic N) is 4. The van der Waals surface area contributed by atoms with Crippen molar-refractivity contribution in [3.05, 3.63) is 70.8 Å². The van der Waals surface area contributed by atoms with Gasteiger partial charge in [-0.3, -0.25) is 23.9 Å². The summed E-state index contributed by atoms with van der Waals surface area (Å²) in [6, 6.07) is 13.1. The number of carboxylic acid groups (broad SMARTS) is 1. The summed E-state index contributed by atoms with van der Waals surface area (Å²) in [5.41, 5.74) is -3.10. The molecule has 10 nitrogen and oxygen atoms in total. The van der Waals surface area contributed by atoms with Gasteiger partial charge < -0.3 is 15.4 Å². The van der Waals surface area contributed by atoms with E-state index in [0.29, 0.717) is 21.7 Å². The molecule has 3 atom stereocenters. The number of aliphatic hydroxyl groups is 1. The maximum Gasteiger partial charge on any atom is 0.311 e. The van der Waals surface area contributed by atoms with Gasteiger partial charge in [-0.2, -0.15) is 5.06 Å². The third-order valence-corrected chi connectivity index (χ3v) is 6.72. The highest BCUT2D eigenvalue weighted by molar-refractivity contribution is 6.05. The van der Waals surface area contributed by atoms with Gasteiger partial charge in [-0.1, -0.05) is 30.3 Å². The first-order valence-electron chi connectivity index (χ1n) is 10.4. The van der Waals surface area contributed by atoms with E-state index in [4.69, 9.17) is 0 Å². The first kappa shape index (κ1) is 21.3. The smallest absolute Gasteiger partial charge is 0.311 e. The van der Waals surface area contributed by atoms with Crippen LogP contribution in [0.4, 0.5) is 5.69 Å². The molecule has 0 saturated carbocycles. The second-order valence-corrected chi connectivity index (χ2v) is 8.90. The van der Waals surface area contributed by atoms with E-state index in [-0.39, 0.29) is 5.56 Å². The van der Waals surface area contributed by atoms with Crippen LogP contribution in [0.1, 0.15) is 19.4 Å². The summed E-state index contributed by atoms with van der Waals surface area (Å²) in [6.07, 6.45) is -0.147. The lowest BCUT2D eigenvalue weighted by molar-refractivity contribution is -0.221. The van der Waals surface area contributed by atoms with E-state index in [1.54, 1.807) is 42.5 Å². The van der Waals surface area contributed by atoms with Gasteiger partial charge in [0.05, 0.1) is 22.9 Å². The summed E-state index contributed by atoms with van der Waals surface area (Å²) >= 11 is 0. The quantitative estimate of drug-likeness (QED) is 0.538. The molecule has 1 fully saturated rings. The fraction of sp³-hybridized carbons (Fsp3) is 0.304. The summed E-state index contributed by atoms with van der Waals surface area (Å²) in [4.78, 5) is 44.1. The molecule has 1 saturated heterocycles. The average Bonchev–Trinajstić information content (AvgIpc) is 3.16. The fourth-order valence-corrected chi connectivity index (χ4v) is 4.91. The third-order valence-electron chi connectivity index (χ3n) is 6.72. The van der Waals surface area contributed by atoms with E-state index in [0.717, 1.165) is 4.57 Å². The molecule has 0 bridgehead atoms. The largest absolute Gasteiger partial charge is 0.481 e. The number of carbonyl (C=O) groups excluding carboxylic acids is 1. The van der Waals surface area contributed by atoms with Gasteiger partial charge in [0, 0.05) is 12.1 Å². The molecule has 3 heterocycles. The number of carbonyl (C=O) groups is 2. The van der Waals surface area contributed by atoms with Gasteiger partial charge in [-0.25, -0.2) is 4.98 Å². The van der Waals surface area contributed by atoms with Gasteiger partial charge in [0.25, 0.3) is 11.5 Å². The number of hydroxylamine groups is 2. The van der Waals surface area contributed by atoms with Crippen molar-refractivity contribution < 1.29 is 25.0 Å². The standard InChI is InChI=1S/C23H22N4O6/c1-22(2)21(31)26-17-10-6-4-8-14(17)23(32,20(26)27(22)33)15(19(29)30)11-25-12-24-16-9-5-3-7-13(16)18(25)28/h3-10,12,15,20,32-33H,11H2,1-2H3,(H,29,30). The number of anilines is 1. The number of benzene rings is 2. The lowest BCUT2D eigenvalue weighted by atomic mass is 9.79. The maximum absolute atomic E-state index is 13.1. The van der Waals surface area contributed by atoms with Gasteiger partial charge in [0.15, 0.2) is 0 Å². The van der Waals surface area contributed by atoms with Crippen molar-refractivity contribution in [2.75, 3.05) is 4.90 Å². The second-order valence-electron chi connectivity index (χ2n) is 8.90. The fourth-order valence-electron chi connectivity index (χ4n) is 4.91. The van der Waals surface area contributed by atoms with E-state index in [1.807, 2.05) is 0 Å². The summed E-state index contributed by atoms with van der Waals surface area (Å²) in [5, 5.41) is 34.2. The summed E-state index contributed by atoms with van der Waals surface area (Å²) in [7, 11) is 0. The van der Waals surface area contributed by atoms with Gasteiger partial charge in [-0.05, 0) is 32.0 Å². The molecule has 170 valence electrons. The molecule has 1 amide bonds. The van der Waals surface area contributed by atoms with Crippen LogP contribution in [0.3, 0.4) is 0 Å². The van der Waals surface area contributed by atoms with Gasteiger partial charge in [0.2, 0.25) is 0 Å². The molecule has 2 aliphatic rings. The lowest BCUT2D eigenvalue weighted by Gasteiger charge is -2.39. The zero-order valence-electron chi connectivity index (χ0n) is 17.9. The Bertz CT molecular complexity index is 1370. The van der Waals surface area contributed by atoms with Crippen LogP contribution in [0, 0.1) is 5.92 Å². The lowest BCUT2D eigenvalue weighted by Crippen LogP contribution is -2.58. The second kappa shape index (κ2) is 6.95. The van der Waals surface area contributed by atoms with Crippen LogP contribution in [0.2, 0.25) is 0 Å². The number of amides is 1. The zero-order chi connectivity index (χ0) is 23.7. The monoisotopic (exact) mass is 450 g/mol. The minimum atomic E-state index is -2.22. The van der Waals surface area contributed by atoms with Crippen molar-refractivity contribution in [2.45, 2.75) is 37.7 Å². The van der Waals surface area contributed by atoms with E-state index >= 15 is 0 Å². The topological polar surface area (TPSA) is 136 Å². The first-order valence-corrected chi connectivity index (χ1v) is 10.4. The molecule has 3 unspecified atom stereocenters.